The number of para-hydroxylation sites is 2. The van der Waals surface area contributed by atoms with Crippen LogP contribution in [0.15, 0.2) is 40.9 Å². The van der Waals surface area contributed by atoms with Crippen LogP contribution in [0.4, 0.5) is 5.69 Å². The SMILES string of the molecule is CCCCOc1ccccc1NC(=O)COc1cc(C)c(Br)cc1C(C)C. The number of halogens is 1. The van der Waals surface area contributed by atoms with E-state index < -0.39 is 0 Å². The molecule has 0 saturated carbocycles. The van der Waals surface area contributed by atoms with Crippen LogP contribution in [0, 0.1) is 6.92 Å². The van der Waals surface area contributed by atoms with Gasteiger partial charge in [-0.15, -0.1) is 0 Å². The van der Waals surface area contributed by atoms with Gasteiger partial charge in [-0.05, 0) is 54.7 Å². The number of rotatable bonds is 9. The first kappa shape index (κ1) is 21.3. The first-order chi connectivity index (χ1) is 12.9. The van der Waals surface area contributed by atoms with Crippen molar-refractivity contribution in [2.75, 3.05) is 18.5 Å². The summed E-state index contributed by atoms with van der Waals surface area (Å²) in [6.45, 7) is 8.91. The van der Waals surface area contributed by atoms with Gasteiger partial charge in [0.2, 0.25) is 0 Å². The number of carbonyl (C=O) groups excluding carboxylic acids is 1. The van der Waals surface area contributed by atoms with Crippen LogP contribution in [0.1, 0.15) is 50.7 Å². The Morgan fingerprint density at radius 3 is 2.59 bits per heavy atom. The fourth-order valence-electron chi connectivity index (χ4n) is 2.60. The molecule has 27 heavy (non-hydrogen) atoms. The lowest BCUT2D eigenvalue weighted by atomic mass is 10.0. The minimum Gasteiger partial charge on any atom is -0.491 e. The van der Waals surface area contributed by atoms with Crippen LogP contribution in [0.25, 0.3) is 0 Å². The molecule has 0 heterocycles. The molecule has 0 aliphatic carbocycles. The molecule has 0 aliphatic rings. The topological polar surface area (TPSA) is 47.6 Å². The summed E-state index contributed by atoms with van der Waals surface area (Å²) in [5.41, 5.74) is 2.81. The molecule has 0 saturated heterocycles. The van der Waals surface area contributed by atoms with Crippen molar-refractivity contribution in [2.24, 2.45) is 0 Å². The summed E-state index contributed by atoms with van der Waals surface area (Å²) < 4.78 is 12.6. The van der Waals surface area contributed by atoms with Gasteiger partial charge in [-0.3, -0.25) is 4.79 Å². The van der Waals surface area contributed by atoms with Gasteiger partial charge < -0.3 is 14.8 Å². The van der Waals surface area contributed by atoms with Crippen molar-refractivity contribution in [3.8, 4) is 11.5 Å². The number of ether oxygens (including phenoxy) is 2. The molecule has 0 bridgehead atoms. The number of carbonyl (C=O) groups is 1. The number of aryl methyl sites for hydroxylation is 1. The summed E-state index contributed by atoms with van der Waals surface area (Å²) >= 11 is 3.56. The fraction of sp³-hybridized carbons (Fsp3) is 0.409. The number of benzene rings is 2. The number of hydrogen-bond donors (Lipinski definition) is 1. The summed E-state index contributed by atoms with van der Waals surface area (Å²) in [6, 6.07) is 11.5. The van der Waals surface area contributed by atoms with E-state index in [2.05, 4.69) is 48.1 Å². The van der Waals surface area contributed by atoms with Crippen LogP contribution in [0.2, 0.25) is 0 Å². The zero-order valence-electron chi connectivity index (χ0n) is 16.5. The van der Waals surface area contributed by atoms with Gasteiger partial charge >= 0.3 is 0 Å². The molecule has 146 valence electrons. The van der Waals surface area contributed by atoms with Crippen molar-refractivity contribution < 1.29 is 14.3 Å². The van der Waals surface area contributed by atoms with E-state index in [1.54, 1.807) is 0 Å². The van der Waals surface area contributed by atoms with E-state index in [1.807, 2.05) is 37.3 Å². The molecule has 1 N–H and O–H groups in total. The second-order valence-corrected chi connectivity index (χ2v) is 7.68. The highest BCUT2D eigenvalue weighted by atomic mass is 79.9. The van der Waals surface area contributed by atoms with Gasteiger partial charge in [0, 0.05) is 4.47 Å². The van der Waals surface area contributed by atoms with E-state index in [0.717, 1.165) is 34.2 Å². The minimum absolute atomic E-state index is 0.0515. The van der Waals surface area contributed by atoms with E-state index in [-0.39, 0.29) is 12.5 Å². The number of amides is 1. The van der Waals surface area contributed by atoms with E-state index >= 15 is 0 Å². The summed E-state index contributed by atoms with van der Waals surface area (Å²) in [4.78, 5) is 12.4. The molecule has 0 spiro atoms. The lowest BCUT2D eigenvalue weighted by molar-refractivity contribution is -0.118. The molecule has 0 radical (unpaired) electrons. The molecule has 0 aromatic heterocycles. The number of anilines is 1. The van der Waals surface area contributed by atoms with E-state index in [0.29, 0.717) is 24.0 Å². The highest BCUT2D eigenvalue weighted by molar-refractivity contribution is 9.10. The van der Waals surface area contributed by atoms with Gasteiger partial charge in [-0.2, -0.15) is 0 Å². The monoisotopic (exact) mass is 433 g/mol. The average molecular weight is 434 g/mol. The maximum atomic E-state index is 12.4. The first-order valence-corrected chi connectivity index (χ1v) is 10.2. The van der Waals surface area contributed by atoms with Crippen LogP contribution in [-0.4, -0.2) is 19.1 Å². The molecule has 0 atom stereocenters. The molecule has 2 rings (SSSR count). The van der Waals surface area contributed by atoms with Crippen LogP contribution < -0.4 is 14.8 Å². The summed E-state index contributed by atoms with van der Waals surface area (Å²) in [6.07, 6.45) is 2.04. The molecule has 5 heteroatoms. The van der Waals surface area contributed by atoms with Gasteiger partial charge in [-0.25, -0.2) is 0 Å². The third-order valence-electron chi connectivity index (χ3n) is 4.19. The Labute approximate surface area is 170 Å². The predicted octanol–water partition coefficient (Wildman–Crippen LogP) is 6.08. The van der Waals surface area contributed by atoms with E-state index in [1.165, 1.54) is 0 Å². The molecule has 1 amide bonds. The Bertz CT molecular complexity index is 774. The Balaban J connectivity index is 2.02. The summed E-state index contributed by atoms with van der Waals surface area (Å²) in [7, 11) is 0. The second-order valence-electron chi connectivity index (χ2n) is 6.83. The maximum Gasteiger partial charge on any atom is 0.262 e. The molecule has 4 nitrogen and oxygen atoms in total. The van der Waals surface area contributed by atoms with Crippen molar-refractivity contribution >= 4 is 27.5 Å². The quantitative estimate of drug-likeness (QED) is 0.487. The molecule has 2 aromatic carbocycles. The number of nitrogens with one attached hydrogen (secondary N) is 1. The normalized spacial score (nSPS) is 10.7. The highest BCUT2D eigenvalue weighted by Gasteiger charge is 2.13. The summed E-state index contributed by atoms with van der Waals surface area (Å²) in [5, 5.41) is 2.88. The van der Waals surface area contributed by atoms with Crippen LogP contribution in [0.5, 0.6) is 11.5 Å². The van der Waals surface area contributed by atoms with Crippen LogP contribution >= 0.6 is 15.9 Å². The first-order valence-electron chi connectivity index (χ1n) is 9.36. The molecule has 0 aliphatic heterocycles. The smallest absolute Gasteiger partial charge is 0.262 e. The largest absolute Gasteiger partial charge is 0.491 e. The maximum absolute atomic E-state index is 12.4. The predicted molar refractivity (Wildman–Crippen MR) is 114 cm³/mol. The Kier molecular flexibility index (Phi) is 8.17. The van der Waals surface area contributed by atoms with Gasteiger partial charge in [0.25, 0.3) is 5.91 Å². The number of unbranched alkanes of at least 4 members (excludes halogenated alkanes) is 1. The second kappa shape index (κ2) is 10.4. The van der Waals surface area contributed by atoms with Crippen molar-refractivity contribution in [2.45, 2.75) is 46.5 Å². The zero-order valence-corrected chi connectivity index (χ0v) is 18.1. The standard InChI is InChI=1S/C22H28BrNO3/c1-5-6-11-26-20-10-8-7-9-19(20)24-22(25)14-27-21-12-16(4)18(23)13-17(21)15(2)3/h7-10,12-13,15H,5-6,11,14H2,1-4H3,(H,24,25). The molecular formula is C22H28BrNO3. The third kappa shape index (κ3) is 6.28. The van der Waals surface area contributed by atoms with Gasteiger partial charge in [0.1, 0.15) is 11.5 Å². The molecule has 2 aromatic rings. The van der Waals surface area contributed by atoms with Crippen molar-refractivity contribution in [3.05, 3.63) is 52.0 Å². The van der Waals surface area contributed by atoms with Crippen molar-refractivity contribution in [3.63, 3.8) is 0 Å². The lowest BCUT2D eigenvalue weighted by Crippen LogP contribution is -2.21. The van der Waals surface area contributed by atoms with Gasteiger partial charge in [-0.1, -0.05) is 55.3 Å². The minimum atomic E-state index is -0.211. The van der Waals surface area contributed by atoms with E-state index in [9.17, 15) is 4.79 Å². The van der Waals surface area contributed by atoms with Crippen LogP contribution in [0.3, 0.4) is 0 Å². The molecule has 0 fully saturated rings. The Morgan fingerprint density at radius 1 is 1.15 bits per heavy atom. The molecular weight excluding hydrogens is 406 g/mol. The highest BCUT2D eigenvalue weighted by Crippen LogP contribution is 2.32. The van der Waals surface area contributed by atoms with Crippen molar-refractivity contribution in [1.29, 1.82) is 0 Å². The van der Waals surface area contributed by atoms with Gasteiger partial charge in [0.05, 0.1) is 12.3 Å². The third-order valence-corrected chi connectivity index (χ3v) is 5.04. The zero-order chi connectivity index (χ0) is 19.8. The average Bonchev–Trinajstić information content (AvgIpc) is 2.63. The van der Waals surface area contributed by atoms with Gasteiger partial charge in [0.15, 0.2) is 6.61 Å². The summed E-state index contributed by atoms with van der Waals surface area (Å²) in [5.74, 6) is 1.51. The lowest BCUT2D eigenvalue weighted by Gasteiger charge is -2.16. The van der Waals surface area contributed by atoms with E-state index in [4.69, 9.17) is 9.47 Å². The molecule has 0 unspecified atom stereocenters. The number of hydrogen-bond acceptors (Lipinski definition) is 3. The Morgan fingerprint density at radius 2 is 1.89 bits per heavy atom. The van der Waals surface area contributed by atoms with Crippen molar-refractivity contribution in [1.82, 2.24) is 0 Å². The Hall–Kier alpha value is -2.01. The fourth-order valence-corrected chi connectivity index (χ4v) is 2.96. The van der Waals surface area contributed by atoms with Crippen LogP contribution in [-0.2, 0) is 4.79 Å².